The van der Waals surface area contributed by atoms with Gasteiger partial charge in [0, 0.05) is 0 Å². The first-order valence-electron chi connectivity index (χ1n) is 9.63. The van der Waals surface area contributed by atoms with Crippen molar-refractivity contribution < 1.29 is 18.0 Å². The molecule has 0 fully saturated rings. The van der Waals surface area contributed by atoms with Crippen molar-refractivity contribution in [3.63, 3.8) is 0 Å². The highest BCUT2D eigenvalue weighted by Crippen LogP contribution is 2.36. The molecule has 0 bridgehead atoms. The number of aryl methyl sites for hydroxylation is 2. The lowest BCUT2D eigenvalue weighted by Gasteiger charge is -2.15. The molecule has 0 aliphatic heterocycles. The zero-order valence-corrected chi connectivity index (χ0v) is 18.6. The monoisotopic (exact) mass is 453 g/mol. The van der Waals surface area contributed by atoms with Gasteiger partial charge in [-0.1, -0.05) is 35.9 Å². The van der Waals surface area contributed by atoms with Gasteiger partial charge in [0.2, 0.25) is 5.91 Å². The Morgan fingerprint density at radius 2 is 1.77 bits per heavy atom. The van der Waals surface area contributed by atoms with Crippen LogP contribution >= 0.6 is 11.6 Å². The van der Waals surface area contributed by atoms with Crippen molar-refractivity contribution in [2.24, 2.45) is 0 Å². The van der Waals surface area contributed by atoms with Crippen LogP contribution in [0, 0.1) is 27.7 Å². The minimum Gasteiger partial charge on any atom is -0.321 e. The van der Waals surface area contributed by atoms with Gasteiger partial charge in [0.15, 0.2) is 5.69 Å². The summed E-state index contributed by atoms with van der Waals surface area (Å²) in [5, 5.41) is 10.3. The van der Waals surface area contributed by atoms with Crippen molar-refractivity contribution in [1.82, 2.24) is 19.6 Å². The molecule has 0 spiro atoms. The summed E-state index contributed by atoms with van der Waals surface area (Å²) in [6.07, 6.45) is -4.70. The molecular weight excluding hydrogens is 431 g/mol. The second-order valence-corrected chi connectivity index (χ2v) is 7.86. The number of alkyl halides is 3. The van der Waals surface area contributed by atoms with Crippen LogP contribution in [0.2, 0.25) is 5.02 Å². The Bertz CT molecular complexity index is 1130. The Balaban J connectivity index is 1.84. The summed E-state index contributed by atoms with van der Waals surface area (Å²) in [4.78, 5) is 12.8. The van der Waals surface area contributed by atoms with Crippen molar-refractivity contribution in [2.45, 2.75) is 53.4 Å². The van der Waals surface area contributed by atoms with Gasteiger partial charge in [0.05, 0.1) is 34.3 Å². The summed E-state index contributed by atoms with van der Waals surface area (Å²) in [5.74, 6) is -0.516. The Morgan fingerprint density at radius 3 is 2.35 bits per heavy atom. The van der Waals surface area contributed by atoms with Gasteiger partial charge in [-0.25, -0.2) is 0 Å². The number of hydrogen-bond acceptors (Lipinski definition) is 3. The van der Waals surface area contributed by atoms with Crippen molar-refractivity contribution in [3.05, 3.63) is 63.2 Å². The van der Waals surface area contributed by atoms with Gasteiger partial charge in [0.25, 0.3) is 0 Å². The van der Waals surface area contributed by atoms with Gasteiger partial charge in [-0.05, 0) is 45.7 Å². The second-order valence-electron chi connectivity index (χ2n) is 7.49. The van der Waals surface area contributed by atoms with Crippen LogP contribution in [-0.2, 0) is 17.5 Å². The molecular formula is C21H23ClF3N5O. The van der Waals surface area contributed by atoms with Crippen LogP contribution in [0.3, 0.4) is 0 Å². The third kappa shape index (κ3) is 4.46. The van der Waals surface area contributed by atoms with Gasteiger partial charge < -0.3 is 5.32 Å². The number of rotatable bonds is 5. The summed E-state index contributed by atoms with van der Waals surface area (Å²) in [7, 11) is 0. The number of carbonyl (C=O) groups excluding carboxylic acids is 1. The van der Waals surface area contributed by atoms with Crippen molar-refractivity contribution in [2.75, 3.05) is 5.32 Å². The molecule has 1 amide bonds. The quantitative estimate of drug-likeness (QED) is 0.575. The highest BCUT2D eigenvalue weighted by molar-refractivity contribution is 6.32. The summed E-state index contributed by atoms with van der Waals surface area (Å²) < 4.78 is 42.1. The fourth-order valence-electron chi connectivity index (χ4n) is 3.38. The van der Waals surface area contributed by atoms with Crippen LogP contribution in [-0.4, -0.2) is 25.5 Å². The molecule has 1 unspecified atom stereocenters. The fourth-order valence-corrected chi connectivity index (χ4v) is 3.61. The summed E-state index contributed by atoms with van der Waals surface area (Å²) >= 11 is 5.80. The minimum absolute atomic E-state index is 0.0698. The molecule has 3 aromatic rings. The Morgan fingerprint density at radius 1 is 1.13 bits per heavy atom. The Kier molecular flexibility index (Phi) is 6.18. The molecule has 2 aromatic heterocycles. The number of nitrogens with one attached hydrogen (secondary N) is 1. The summed E-state index contributed by atoms with van der Waals surface area (Å²) in [6.45, 7) is 9.00. The molecule has 0 radical (unpaired) electrons. The predicted octanol–water partition coefficient (Wildman–Crippen LogP) is 5.23. The first-order chi connectivity index (χ1) is 14.4. The van der Waals surface area contributed by atoms with E-state index in [0.29, 0.717) is 17.9 Å². The number of amides is 1. The molecule has 0 aliphatic carbocycles. The standard InChI is InChI=1S/C21H23ClF3N5O/c1-11-8-6-7-9-16(11)10-29-14(4)18(12(2)27-29)26-20(31)15(5)30-13(3)17(22)19(28-30)21(23,24)25/h6-9,15H,10H2,1-5H3,(H,26,31). The van der Waals surface area contributed by atoms with Crippen LogP contribution in [0.5, 0.6) is 0 Å². The first kappa shape index (κ1) is 22.9. The SMILES string of the molecule is Cc1ccccc1Cn1nc(C)c(NC(=O)C(C)n2nc(C(F)(F)F)c(Cl)c2C)c1C. The van der Waals surface area contributed by atoms with Crippen molar-refractivity contribution in [3.8, 4) is 0 Å². The maximum Gasteiger partial charge on any atom is 0.436 e. The molecule has 166 valence electrons. The molecule has 31 heavy (non-hydrogen) atoms. The normalized spacial score (nSPS) is 12.8. The largest absolute Gasteiger partial charge is 0.436 e. The lowest BCUT2D eigenvalue weighted by molar-refractivity contribution is -0.141. The minimum atomic E-state index is -4.70. The molecule has 2 heterocycles. The molecule has 3 rings (SSSR count). The smallest absolute Gasteiger partial charge is 0.321 e. The highest BCUT2D eigenvalue weighted by atomic mass is 35.5. The van der Waals surface area contributed by atoms with E-state index in [1.807, 2.05) is 38.1 Å². The van der Waals surface area contributed by atoms with Crippen LogP contribution < -0.4 is 5.32 Å². The predicted molar refractivity (Wildman–Crippen MR) is 112 cm³/mol. The fraction of sp³-hybridized carbons (Fsp3) is 0.381. The lowest BCUT2D eigenvalue weighted by Crippen LogP contribution is -2.26. The van der Waals surface area contributed by atoms with Gasteiger partial charge in [-0.2, -0.15) is 23.4 Å². The van der Waals surface area contributed by atoms with Crippen LogP contribution in [0.4, 0.5) is 18.9 Å². The lowest BCUT2D eigenvalue weighted by atomic mass is 10.1. The zero-order valence-electron chi connectivity index (χ0n) is 17.8. The van der Waals surface area contributed by atoms with E-state index in [-0.39, 0.29) is 5.69 Å². The van der Waals surface area contributed by atoms with E-state index in [9.17, 15) is 18.0 Å². The third-order valence-corrected chi connectivity index (χ3v) is 5.76. The van der Waals surface area contributed by atoms with Crippen LogP contribution in [0.25, 0.3) is 0 Å². The molecule has 0 saturated carbocycles. The maximum atomic E-state index is 13.1. The molecule has 6 nitrogen and oxygen atoms in total. The van der Waals surface area contributed by atoms with E-state index in [2.05, 4.69) is 15.5 Å². The number of anilines is 1. The van der Waals surface area contributed by atoms with Crippen LogP contribution in [0.1, 0.15) is 46.9 Å². The second kappa shape index (κ2) is 8.37. The number of nitrogens with zero attached hydrogens (tertiary/aromatic N) is 4. The van der Waals surface area contributed by atoms with Gasteiger partial charge in [-0.3, -0.25) is 14.2 Å². The summed E-state index contributed by atoms with van der Waals surface area (Å²) in [5.41, 5.74) is 2.97. The van der Waals surface area contributed by atoms with E-state index in [4.69, 9.17) is 11.6 Å². The average molecular weight is 454 g/mol. The van der Waals surface area contributed by atoms with Crippen molar-refractivity contribution >= 4 is 23.2 Å². The molecule has 0 saturated heterocycles. The number of benzene rings is 1. The molecule has 10 heteroatoms. The van der Waals surface area contributed by atoms with E-state index in [1.165, 1.54) is 13.8 Å². The topological polar surface area (TPSA) is 64.7 Å². The number of carbonyl (C=O) groups is 1. The zero-order chi connectivity index (χ0) is 23.1. The van der Waals surface area contributed by atoms with E-state index in [1.54, 1.807) is 11.6 Å². The van der Waals surface area contributed by atoms with Gasteiger partial charge in [-0.15, -0.1) is 0 Å². The third-order valence-electron chi connectivity index (χ3n) is 5.30. The number of halogens is 4. The summed E-state index contributed by atoms with van der Waals surface area (Å²) in [6, 6.07) is 6.92. The molecule has 1 N–H and O–H groups in total. The highest BCUT2D eigenvalue weighted by Gasteiger charge is 2.39. The van der Waals surface area contributed by atoms with Crippen LogP contribution in [0.15, 0.2) is 24.3 Å². The molecule has 1 aromatic carbocycles. The Labute approximate surface area is 183 Å². The number of aromatic nitrogens is 4. The van der Waals surface area contributed by atoms with E-state index in [0.717, 1.165) is 21.5 Å². The first-order valence-corrected chi connectivity index (χ1v) is 10.0. The van der Waals surface area contributed by atoms with E-state index >= 15 is 0 Å². The Hall–Kier alpha value is -2.81. The van der Waals surface area contributed by atoms with Crippen molar-refractivity contribution in [1.29, 1.82) is 0 Å². The average Bonchev–Trinajstić information content (AvgIpc) is 3.13. The van der Waals surface area contributed by atoms with E-state index < -0.39 is 28.8 Å². The number of hydrogen-bond donors (Lipinski definition) is 1. The maximum absolute atomic E-state index is 13.1. The molecule has 1 atom stereocenters. The van der Waals surface area contributed by atoms with Gasteiger partial charge >= 0.3 is 6.18 Å². The van der Waals surface area contributed by atoms with Gasteiger partial charge in [0.1, 0.15) is 6.04 Å². The molecule has 0 aliphatic rings.